The Balaban J connectivity index is 2.12. The van der Waals surface area contributed by atoms with E-state index in [-0.39, 0.29) is 11.7 Å². The van der Waals surface area contributed by atoms with Crippen molar-refractivity contribution in [3.63, 3.8) is 0 Å². The van der Waals surface area contributed by atoms with Crippen molar-refractivity contribution in [3.8, 4) is 5.88 Å². The molecule has 1 heterocycles. The number of hydrogen-bond acceptors (Lipinski definition) is 4. The van der Waals surface area contributed by atoms with Gasteiger partial charge in [-0.25, -0.2) is 4.39 Å². The lowest BCUT2D eigenvalue weighted by Crippen LogP contribution is -2.16. The third-order valence-corrected chi connectivity index (χ3v) is 2.88. The van der Waals surface area contributed by atoms with Gasteiger partial charge in [-0.2, -0.15) is 4.98 Å². The second-order valence-electron chi connectivity index (χ2n) is 5.01. The number of carbonyl (C=O) groups excluding carboxylic acids is 1. The zero-order valence-corrected chi connectivity index (χ0v) is 12.8. The van der Waals surface area contributed by atoms with Gasteiger partial charge in [-0.15, -0.1) is 0 Å². The first-order valence-electron chi connectivity index (χ1n) is 6.79. The van der Waals surface area contributed by atoms with Crippen LogP contribution in [0.1, 0.15) is 12.5 Å². The van der Waals surface area contributed by atoms with Crippen molar-refractivity contribution in [3.05, 3.63) is 47.8 Å². The molecule has 0 aliphatic rings. The standard InChI is InChI=1S/C16H18FN3O2/c1-11(21)18-14-8-9-15(19-16(14)20(2)3)22-10-12-4-6-13(17)7-5-12/h4-9H,10H2,1-3H3,(H,18,21). The molecule has 0 radical (unpaired) electrons. The van der Waals surface area contributed by atoms with Crippen LogP contribution in [0.15, 0.2) is 36.4 Å². The molecule has 22 heavy (non-hydrogen) atoms. The highest BCUT2D eigenvalue weighted by Gasteiger charge is 2.10. The van der Waals surface area contributed by atoms with Crippen molar-refractivity contribution in [1.29, 1.82) is 0 Å². The zero-order chi connectivity index (χ0) is 16.1. The van der Waals surface area contributed by atoms with Gasteiger partial charge in [0.25, 0.3) is 0 Å². The number of ether oxygens (including phenoxy) is 1. The summed E-state index contributed by atoms with van der Waals surface area (Å²) in [6.45, 7) is 1.73. The fourth-order valence-electron chi connectivity index (χ4n) is 1.88. The molecule has 2 rings (SSSR count). The molecule has 0 unspecified atom stereocenters. The van der Waals surface area contributed by atoms with Crippen molar-refractivity contribution in [2.45, 2.75) is 13.5 Å². The average Bonchev–Trinajstić information content (AvgIpc) is 2.47. The number of nitrogens with one attached hydrogen (secondary N) is 1. The minimum Gasteiger partial charge on any atom is -0.473 e. The van der Waals surface area contributed by atoms with E-state index < -0.39 is 0 Å². The lowest BCUT2D eigenvalue weighted by molar-refractivity contribution is -0.114. The monoisotopic (exact) mass is 303 g/mol. The van der Waals surface area contributed by atoms with E-state index in [1.165, 1.54) is 19.1 Å². The van der Waals surface area contributed by atoms with Gasteiger partial charge in [-0.1, -0.05) is 12.1 Å². The van der Waals surface area contributed by atoms with E-state index in [4.69, 9.17) is 4.74 Å². The Labute approximate surface area is 128 Å². The molecule has 0 spiro atoms. The Morgan fingerprint density at radius 3 is 2.50 bits per heavy atom. The van der Waals surface area contributed by atoms with E-state index in [2.05, 4.69) is 10.3 Å². The fraction of sp³-hybridized carbons (Fsp3) is 0.250. The topological polar surface area (TPSA) is 54.5 Å². The maximum atomic E-state index is 12.8. The molecule has 0 bridgehead atoms. The Kier molecular flexibility index (Phi) is 4.93. The van der Waals surface area contributed by atoms with Crippen molar-refractivity contribution in [1.82, 2.24) is 4.98 Å². The number of hydrogen-bond donors (Lipinski definition) is 1. The number of amides is 1. The van der Waals surface area contributed by atoms with E-state index in [9.17, 15) is 9.18 Å². The summed E-state index contributed by atoms with van der Waals surface area (Å²) in [6.07, 6.45) is 0. The van der Waals surface area contributed by atoms with Crippen LogP contribution in [0.3, 0.4) is 0 Å². The molecule has 0 aliphatic heterocycles. The highest BCUT2D eigenvalue weighted by molar-refractivity contribution is 5.91. The SMILES string of the molecule is CC(=O)Nc1ccc(OCc2ccc(F)cc2)nc1N(C)C. The van der Waals surface area contributed by atoms with Crippen molar-refractivity contribution < 1.29 is 13.9 Å². The van der Waals surface area contributed by atoms with Crippen LogP contribution in [-0.2, 0) is 11.4 Å². The Hall–Kier alpha value is -2.63. The number of carbonyl (C=O) groups is 1. The molecule has 0 fully saturated rings. The molecule has 116 valence electrons. The van der Waals surface area contributed by atoms with Gasteiger partial charge in [0.05, 0.1) is 5.69 Å². The maximum Gasteiger partial charge on any atom is 0.221 e. The van der Waals surface area contributed by atoms with Gasteiger partial charge < -0.3 is 15.0 Å². The third-order valence-electron chi connectivity index (χ3n) is 2.88. The van der Waals surface area contributed by atoms with Gasteiger partial charge in [0.2, 0.25) is 11.8 Å². The van der Waals surface area contributed by atoms with Gasteiger partial charge in [0.1, 0.15) is 12.4 Å². The van der Waals surface area contributed by atoms with Crippen LogP contribution in [-0.4, -0.2) is 25.0 Å². The predicted molar refractivity (Wildman–Crippen MR) is 83.6 cm³/mol. The summed E-state index contributed by atoms with van der Waals surface area (Å²) in [5.41, 5.74) is 1.46. The average molecular weight is 303 g/mol. The molecule has 0 saturated heterocycles. The van der Waals surface area contributed by atoms with E-state index in [1.54, 1.807) is 29.2 Å². The van der Waals surface area contributed by atoms with Crippen molar-refractivity contribution in [2.75, 3.05) is 24.3 Å². The van der Waals surface area contributed by atoms with Gasteiger partial charge >= 0.3 is 0 Å². The molecule has 0 saturated carbocycles. The highest BCUT2D eigenvalue weighted by Crippen LogP contribution is 2.25. The first-order chi connectivity index (χ1) is 10.5. The number of benzene rings is 1. The molecule has 1 amide bonds. The summed E-state index contributed by atoms with van der Waals surface area (Å²) < 4.78 is 18.5. The second kappa shape index (κ2) is 6.89. The van der Waals surface area contributed by atoms with Gasteiger partial charge in [0, 0.05) is 27.1 Å². The Morgan fingerprint density at radius 2 is 1.91 bits per heavy atom. The largest absolute Gasteiger partial charge is 0.473 e. The van der Waals surface area contributed by atoms with Crippen molar-refractivity contribution in [2.24, 2.45) is 0 Å². The molecule has 0 aliphatic carbocycles. The number of halogens is 1. The van der Waals surface area contributed by atoms with Crippen LogP contribution in [0.25, 0.3) is 0 Å². The lowest BCUT2D eigenvalue weighted by atomic mass is 10.2. The molecule has 6 heteroatoms. The predicted octanol–water partition coefficient (Wildman–Crippen LogP) is 2.82. The fourth-order valence-corrected chi connectivity index (χ4v) is 1.88. The van der Waals surface area contributed by atoms with E-state index in [0.29, 0.717) is 24.0 Å². The summed E-state index contributed by atoms with van der Waals surface area (Å²) in [5, 5.41) is 2.72. The summed E-state index contributed by atoms with van der Waals surface area (Å²) in [6, 6.07) is 9.52. The number of rotatable bonds is 5. The van der Waals surface area contributed by atoms with Crippen LogP contribution in [0.2, 0.25) is 0 Å². The number of nitrogens with zero attached hydrogens (tertiary/aromatic N) is 2. The molecule has 1 aromatic heterocycles. The molecule has 1 N–H and O–H groups in total. The maximum absolute atomic E-state index is 12.8. The summed E-state index contributed by atoms with van der Waals surface area (Å²) in [4.78, 5) is 17.4. The third kappa shape index (κ3) is 4.18. The van der Waals surface area contributed by atoms with Crippen LogP contribution >= 0.6 is 0 Å². The minimum atomic E-state index is -0.281. The van der Waals surface area contributed by atoms with Crippen LogP contribution < -0.4 is 15.0 Å². The second-order valence-corrected chi connectivity index (χ2v) is 5.01. The molecule has 5 nitrogen and oxygen atoms in total. The molecule has 1 aromatic carbocycles. The quantitative estimate of drug-likeness (QED) is 0.923. The first kappa shape index (κ1) is 15.8. The first-order valence-corrected chi connectivity index (χ1v) is 6.79. The zero-order valence-electron chi connectivity index (χ0n) is 12.8. The van der Waals surface area contributed by atoms with E-state index in [0.717, 1.165) is 5.56 Å². The molecule has 2 aromatic rings. The number of aromatic nitrogens is 1. The highest BCUT2D eigenvalue weighted by atomic mass is 19.1. The van der Waals surface area contributed by atoms with Crippen LogP contribution in [0.5, 0.6) is 5.88 Å². The molecule has 0 atom stereocenters. The molecular weight excluding hydrogens is 285 g/mol. The van der Waals surface area contributed by atoms with E-state index >= 15 is 0 Å². The van der Waals surface area contributed by atoms with Crippen molar-refractivity contribution >= 4 is 17.4 Å². The summed E-state index contributed by atoms with van der Waals surface area (Å²) >= 11 is 0. The normalized spacial score (nSPS) is 10.2. The minimum absolute atomic E-state index is 0.162. The van der Waals surface area contributed by atoms with Gasteiger partial charge in [0.15, 0.2) is 5.82 Å². The van der Waals surface area contributed by atoms with E-state index in [1.807, 2.05) is 14.1 Å². The Morgan fingerprint density at radius 1 is 1.23 bits per heavy atom. The lowest BCUT2D eigenvalue weighted by Gasteiger charge is -2.17. The number of pyridine rings is 1. The smallest absolute Gasteiger partial charge is 0.221 e. The molecular formula is C16H18FN3O2. The van der Waals surface area contributed by atoms with Crippen LogP contribution in [0.4, 0.5) is 15.9 Å². The van der Waals surface area contributed by atoms with Gasteiger partial charge in [-0.05, 0) is 23.8 Å². The Bertz CT molecular complexity index is 657. The van der Waals surface area contributed by atoms with Gasteiger partial charge in [-0.3, -0.25) is 4.79 Å². The van der Waals surface area contributed by atoms with Crippen LogP contribution in [0, 0.1) is 5.82 Å². The summed E-state index contributed by atoms with van der Waals surface area (Å²) in [7, 11) is 3.66. The number of anilines is 2. The summed E-state index contributed by atoms with van der Waals surface area (Å²) in [5.74, 6) is 0.593.